The fourth-order valence-corrected chi connectivity index (χ4v) is 10.1. The van der Waals surface area contributed by atoms with Gasteiger partial charge in [0.2, 0.25) is 0 Å². The van der Waals surface area contributed by atoms with Gasteiger partial charge >= 0.3 is 0 Å². The van der Waals surface area contributed by atoms with Crippen molar-refractivity contribution in [3.8, 4) is 0 Å². The zero-order chi connectivity index (χ0) is 28.0. The van der Waals surface area contributed by atoms with Crippen molar-refractivity contribution in [2.75, 3.05) is 19.7 Å². The highest BCUT2D eigenvalue weighted by Crippen LogP contribution is 2.51. The van der Waals surface area contributed by atoms with Crippen molar-refractivity contribution in [1.82, 2.24) is 20.0 Å². The van der Waals surface area contributed by atoms with Crippen LogP contribution in [0.15, 0.2) is 18.2 Å². The molecule has 0 bridgehead atoms. The SMILES string of the molecule is Cn1nc(C(=O)NCc2ccc(Cl)c(F)c2)c2c1C(O)N(CC1(S(=O)(=O)C(C)(C)C(CO)C[SiH3])CC1)CC2. The van der Waals surface area contributed by atoms with E-state index in [9.17, 15) is 27.8 Å². The largest absolute Gasteiger partial charge is 0.396 e. The first-order chi connectivity index (χ1) is 17.8. The Morgan fingerprint density at radius 2 is 2.08 bits per heavy atom. The van der Waals surface area contributed by atoms with Gasteiger partial charge in [0.05, 0.1) is 20.2 Å². The van der Waals surface area contributed by atoms with E-state index >= 15 is 0 Å². The molecule has 2 atom stereocenters. The molecule has 1 saturated carbocycles. The Bertz CT molecular complexity index is 1330. The minimum absolute atomic E-state index is 0.00185. The van der Waals surface area contributed by atoms with Crippen LogP contribution in [0.25, 0.3) is 0 Å². The normalized spacial score (nSPS) is 20.2. The van der Waals surface area contributed by atoms with Crippen molar-refractivity contribution >= 4 is 37.6 Å². The minimum Gasteiger partial charge on any atom is -0.396 e. The van der Waals surface area contributed by atoms with Crippen LogP contribution in [0.5, 0.6) is 0 Å². The molecule has 1 fully saturated rings. The number of amides is 1. The number of aryl methyl sites for hydroxylation is 1. The second-order valence-electron chi connectivity index (χ2n) is 10.9. The Kier molecular flexibility index (Phi) is 8.15. The van der Waals surface area contributed by atoms with Crippen LogP contribution in [0.1, 0.15) is 60.2 Å². The standard InChI is InChI=1S/C25H36ClFN4O5SSi/c1-24(2,16(12-32)13-38)37(35,36)25(7-8-25)14-31-9-6-17-20(29-30(3)21(17)23(31)34)22(33)28-11-15-4-5-18(26)19(27)10-15/h4-5,10,16,23,32,34H,6-9,11-14H2,1-3,38H3,(H,28,33). The zero-order valence-corrected chi connectivity index (χ0v) is 25.7. The summed E-state index contributed by atoms with van der Waals surface area (Å²) >= 11 is 5.72. The van der Waals surface area contributed by atoms with Gasteiger partial charge in [0, 0.05) is 49.1 Å². The van der Waals surface area contributed by atoms with E-state index in [1.807, 2.05) is 0 Å². The Labute approximate surface area is 230 Å². The molecule has 2 aromatic rings. The highest BCUT2D eigenvalue weighted by molar-refractivity contribution is 7.94. The highest BCUT2D eigenvalue weighted by atomic mass is 35.5. The Balaban J connectivity index is 1.51. The summed E-state index contributed by atoms with van der Waals surface area (Å²) in [6.45, 7) is 3.86. The Hall–Kier alpha value is -1.83. The van der Waals surface area contributed by atoms with Gasteiger partial charge in [-0.2, -0.15) is 5.10 Å². The molecule has 38 heavy (non-hydrogen) atoms. The van der Waals surface area contributed by atoms with Crippen LogP contribution in [0.3, 0.4) is 0 Å². The number of sulfone groups is 1. The number of carbonyl (C=O) groups excluding carboxylic acids is 1. The second-order valence-corrected chi connectivity index (χ2v) is 15.1. The molecule has 0 radical (unpaired) electrons. The number of halogens is 2. The summed E-state index contributed by atoms with van der Waals surface area (Å²) in [5.74, 6) is -1.34. The quantitative estimate of drug-likeness (QED) is 0.356. The van der Waals surface area contributed by atoms with Crippen LogP contribution >= 0.6 is 11.6 Å². The lowest BCUT2D eigenvalue weighted by Gasteiger charge is -2.40. The highest BCUT2D eigenvalue weighted by Gasteiger charge is 2.62. The maximum absolute atomic E-state index is 13.8. The number of carbonyl (C=O) groups is 1. The molecule has 0 saturated heterocycles. The van der Waals surface area contributed by atoms with Crippen LogP contribution in [0.2, 0.25) is 11.1 Å². The maximum Gasteiger partial charge on any atom is 0.272 e. The maximum atomic E-state index is 13.8. The van der Waals surface area contributed by atoms with Crippen molar-refractivity contribution < 1.29 is 27.8 Å². The van der Waals surface area contributed by atoms with Crippen LogP contribution in [-0.2, 0) is 29.9 Å². The van der Waals surface area contributed by atoms with E-state index in [4.69, 9.17) is 11.6 Å². The number of aliphatic hydroxyl groups excluding tert-OH is 2. The summed E-state index contributed by atoms with van der Waals surface area (Å²) in [5, 5.41) is 28.2. The summed E-state index contributed by atoms with van der Waals surface area (Å²) in [5.41, 5.74) is 1.80. The van der Waals surface area contributed by atoms with E-state index in [1.54, 1.807) is 31.9 Å². The van der Waals surface area contributed by atoms with Gasteiger partial charge in [-0.15, -0.1) is 0 Å². The average molecular weight is 587 g/mol. The van der Waals surface area contributed by atoms with Crippen LogP contribution in [0.4, 0.5) is 4.39 Å². The molecule has 13 heteroatoms. The van der Waals surface area contributed by atoms with Crippen molar-refractivity contribution in [2.24, 2.45) is 13.0 Å². The van der Waals surface area contributed by atoms with Gasteiger partial charge in [0.25, 0.3) is 5.91 Å². The molecule has 0 spiro atoms. The van der Waals surface area contributed by atoms with Crippen LogP contribution in [0, 0.1) is 11.7 Å². The monoisotopic (exact) mass is 586 g/mol. The third kappa shape index (κ3) is 4.95. The van der Waals surface area contributed by atoms with Gasteiger partial charge in [-0.25, -0.2) is 12.8 Å². The summed E-state index contributed by atoms with van der Waals surface area (Å²) in [7, 11) is -1.19. The number of hydrogen-bond acceptors (Lipinski definition) is 7. The van der Waals surface area contributed by atoms with Crippen molar-refractivity contribution in [1.29, 1.82) is 0 Å². The molecular formula is C25H36ClFN4O5SSi. The number of nitrogens with zero attached hydrogens (tertiary/aromatic N) is 3. The smallest absolute Gasteiger partial charge is 0.272 e. The average Bonchev–Trinajstić information content (AvgIpc) is 3.58. The lowest BCUT2D eigenvalue weighted by atomic mass is 9.98. The van der Waals surface area contributed by atoms with Gasteiger partial charge < -0.3 is 15.5 Å². The zero-order valence-electron chi connectivity index (χ0n) is 22.2. The number of aromatic nitrogens is 2. The number of fused-ring (bicyclic) bond motifs is 1. The summed E-state index contributed by atoms with van der Waals surface area (Å²) < 4.78 is 40.8. The number of nitrogens with one attached hydrogen (secondary N) is 1. The van der Waals surface area contributed by atoms with E-state index in [2.05, 4.69) is 10.4 Å². The van der Waals surface area contributed by atoms with E-state index in [1.165, 1.54) is 16.8 Å². The number of benzene rings is 1. The van der Waals surface area contributed by atoms with Gasteiger partial charge in [-0.3, -0.25) is 14.4 Å². The number of aliphatic hydroxyl groups is 2. The summed E-state index contributed by atoms with van der Waals surface area (Å²) in [4.78, 5) is 14.7. The minimum atomic E-state index is -3.62. The number of rotatable bonds is 10. The van der Waals surface area contributed by atoms with Crippen molar-refractivity contribution in [2.45, 2.75) is 61.4 Å². The van der Waals surface area contributed by atoms with E-state index in [0.29, 0.717) is 48.7 Å². The third-order valence-corrected chi connectivity index (χ3v) is 13.0. The molecule has 2 unspecified atom stereocenters. The first-order valence-corrected chi connectivity index (χ1v) is 16.1. The molecule has 1 aliphatic heterocycles. The fraction of sp³-hybridized carbons (Fsp3) is 0.600. The summed E-state index contributed by atoms with van der Waals surface area (Å²) in [6, 6.07) is 4.98. The molecule has 9 nitrogen and oxygen atoms in total. The van der Waals surface area contributed by atoms with Crippen molar-refractivity contribution in [3.05, 3.63) is 51.6 Å². The predicted octanol–water partition coefficient (Wildman–Crippen LogP) is 1.11. The summed E-state index contributed by atoms with van der Waals surface area (Å²) in [6.07, 6.45) is 0.320. The molecule has 4 rings (SSSR count). The van der Waals surface area contributed by atoms with E-state index in [-0.39, 0.29) is 36.3 Å². The van der Waals surface area contributed by atoms with Gasteiger partial charge in [-0.1, -0.05) is 23.7 Å². The van der Waals surface area contributed by atoms with E-state index in [0.717, 1.165) is 10.2 Å². The lowest BCUT2D eigenvalue weighted by Crippen LogP contribution is -2.52. The van der Waals surface area contributed by atoms with E-state index < -0.39 is 37.3 Å². The molecule has 1 aromatic heterocycles. The molecule has 2 heterocycles. The van der Waals surface area contributed by atoms with Crippen molar-refractivity contribution in [3.63, 3.8) is 0 Å². The molecule has 2 aliphatic rings. The Morgan fingerprint density at radius 3 is 2.66 bits per heavy atom. The molecule has 3 N–H and O–H groups in total. The third-order valence-electron chi connectivity index (χ3n) is 8.34. The lowest BCUT2D eigenvalue weighted by molar-refractivity contribution is -0.0136. The van der Waals surface area contributed by atoms with Crippen LogP contribution < -0.4 is 5.32 Å². The predicted molar refractivity (Wildman–Crippen MR) is 146 cm³/mol. The second kappa shape index (κ2) is 10.6. The molecule has 1 aromatic carbocycles. The fourth-order valence-electron chi connectivity index (χ4n) is 5.60. The van der Waals surface area contributed by atoms with Crippen LogP contribution in [-0.4, -0.2) is 78.7 Å². The first kappa shape index (κ1) is 29.2. The van der Waals surface area contributed by atoms with Gasteiger partial charge in [0.1, 0.15) is 5.82 Å². The Morgan fingerprint density at radius 1 is 1.39 bits per heavy atom. The molecule has 1 amide bonds. The number of hydrogen-bond donors (Lipinski definition) is 3. The first-order valence-electron chi connectivity index (χ1n) is 12.8. The topological polar surface area (TPSA) is 125 Å². The van der Waals surface area contributed by atoms with Gasteiger partial charge in [-0.05, 0) is 56.7 Å². The molecule has 210 valence electrons. The van der Waals surface area contributed by atoms with Gasteiger partial charge in [0.15, 0.2) is 21.8 Å². The molecule has 1 aliphatic carbocycles. The molecular weight excluding hydrogens is 551 g/mol.